The molecule has 0 aliphatic heterocycles. The monoisotopic (exact) mass is 571 g/mol. The zero-order valence-corrected chi connectivity index (χ0v) is 25.1. The first-order valence-electron chi connectivity index (χ1n) is 14.2. The van der Waals surface area contributed by atoms with Gasteiger partial charge in [0.1, 0.15) is 0 Å². The van der Waals surface area contributed by atoms with Crippen molar-refractivity contribution in [2.75, 3.05) is 159 Å². The van der Waals surface area contributed by atoms with Crippen LogP contribution in [-0.2, 0) is 52.1 Å². The van der Waals surface area contributed by atoms with Crippen molar-refractivity contribution in [1.82, 2.24) is 4.90 Å². The number of ether oxygens (including phenoxy) is 11. The summed E-state index contributed by atoms with van der Waals surface area (Å²) < 4.78 is 59.9. The van der Waals surface area contributed by atoms with E-state index in [0.717, 1.165) is 13.2 Å². The Kier molecular flexibility index (Phi) is 33.3. The van der Waals surface area contributed by atoms with Gasteiger partial charge in [0.05, 0.1) is 145 Å². The molecule has 0 heterocycles. The van der Waals surface area contributed by atoms with Crippen molar-refractivity contribution in [1.29, 1.82) is 0 Å². The lowest BCUT2D eigenvalue weighted by molar-refractivity contribution is -0.0287. The van der Waals surface area contributed by atoms with Crippen LogP contribution < -0.4 is 0 Å². The standard InChI is InChI=1S/C27H57NO11/c1-27(2)39-26-25-38-24-23-37-22-21-36-20-19-35-18-17-34-16-15-33-14-13-32-12-11-31-10-9-30-8-7-29-6-5-28(3)4/h27H,5-26H2,1-4H3. The van der Waals surface area contributed by atoms with Crippen molar-refractivity contribution in [2.45, 2.75) is 20.0 Å². The first-order valence-corrected chi connectivity index (χ1v) is 14.2. The van der Waals surface area contributed by atoms with E-state index < -0.39 is 0 Å². The molecule has 0 radical (unpaired) electrons. The summed E-state index contributed by atoms with van der Waals surface area (Å²) in [6, 6.07) is 0. The van der Waals surface area contributed by atoms with E-state index in [-0.39, 0.29) is 6.10 Å². The van der Waals surface area contributed by atoms with E-state index in [2.05, 4.69) is 4.90 Å². The highest BCUT2D eigenvalue weighted by Gasteiger charge is 1.97. The maximum atomic E-state index is 5.47. The fraction of sp³-hybridized carbons (Fsp3) is 1.00. The third-order valence-corrected chi connectivity index (χ3v) is 4.71. The van der Waals surface area contributed by atoms with Crippen LogP contribution in [0.3, 0.4) is 0 Å². The van der Waals surface area contributed by atoms with Crippen LogP contribution >= 0.6 is 0 Å². The lowest BCUT2D eigenvalue weighted by Crippen LogP contribution is -2.19. The lowest BCUT2D eigenvalue weighted by Gasteiger charge is -2.10. The topological polar surface area (TPSA) is 105 Å². The minimum atomic E-state index is 0.235. The van der Waals surface area contributed by atoms with Crippen molar-refractivity contribution < 1.29 is 52.1 Å². The van der Waals surface area contributed by atoms with E-state index in [1.807, 2.05) is 27.9 Å². The van der Waals surface area contributed by atoms with Crippen LogP contribution in [0.2, 0.25) is 0 Å². The summed E-state index contributed by atoms with van der Waals surface area (Å²) in [7, 11) is 4.04. The molecular weight excluding hydrogens is 514 g/mol. The van der Waals surface area contributed by atoms with Crippen LogP contribution in [0.15, 0.2) is 0 Å². The third-order valence-electron chi connectivity index (χ3n) is 4.71. The SMILES string of the molecule is CC(C)OCCOCCOCCOCCOCCOCCOCCOCCOCCOCCOCCN(C)C. The van der Waals surface area contributed by atoms with Gasteiger partial charge in [-0.2, -0.15) is 0 Å². The average molecular weight is 572 g/mol. The number of hydrogen-bond acceptors (Lipinski definition) is 12. The highest BCUT2D eigenvalue weighted by Crippen LogP contribution is 1.89. The molecule has 0 spiro atoms. The minimum absolute atomic E-state index is 0.235. The summed E-state index contributed by atoms with van der Waals surface area (Å²) in [6.45, 7) is 16.6. The molecule has 0 fully saturated rings. The van der Waals surface area contributed by atoms with Gasteiger partial charge >= 0.3 is 0 Å². The van der Waals surface area contributed by atoms with Crippen LogP contribution in [0, 0.1) is 0 Å². The third kappa shape index (κ3) is 37.5. The first kappa shape index (κ1) is 38.5. The second kappa shape index (κ2) is 33.7. The Morgan fingerprint density at radius 1 is 0.333 bits per heavy atom. The zero-order valence-electron chi connectivity index (χ0n) is 25.1. The molecule has 236 valence electrons. The van der Waals surface area contributed by atoms with Gasteiger partial charge in [0, 0.05) is 6.54 Å². The Morgan fingerprint density at radius 2 is 0.538 bits per heavy atom. The molecule has 0 amide bonds. The molecule has 0 saturated heterocycles. The normalized spacial score (nSPS) is 11.8. The summed E-state index contributed by atoms with van der Waals surface area (Å²) in [6.07, 6.45) is 0.235. The Hall–Kier alpha value is -0.480. The summed E-state index contributed by atoms with van der Waals surface area (Å²) >= 11 is 0. The van der Waals surface area contributed by atoms with Crippen LogP contribution in [0.25, 0.3) is 0 Å². The number of nitrogens with zero attached hydrogens (tertiary/aromatic N) is 1. The fourth-order valence-electron chi connectivity index (χ4n) is 2.67. The maximum Gasteiger partial charge on any atom is 0.0703 e. The van der Waals surface area contributed by atoms with Crippen LogP contribution in [0.5, 0.6) is 0 Å². The Balaban J connectivity index is 3.03. The van der Waals surface area contributed by atoms with E-state index >= 15 is 0 Å². The van der Waals surface area contributed by atoms with E-state index in [1.54, 1.807) is 0 Å². The average Bonchev–Trinajstić information content (AvgIpc) is 2.91. The Bertz CT molecular complexity index is 410. The van der Waals surface area contributed by atoms with Crippen molar-refractivity contribution >= 4 is 0 Å². The maximum absolute atomic E-state index is 5.47. The molecule has 0 bridgehead atoms. The van der Waals surface area contributed by atoms with E-state index in [1.165, 1.54) is 0 Å². The van der Waals surface area contributed by atoms with Gasteiger partial charge in [0.2, 0.25) is 0 Å². The quantitative estimate of drug-likeness (QED) is 0.103. The van der Waals surface area contributed by atoms with Gasteiger partial charge in [-0.15, -0.1) is 0 Å². The molecule has 0 aliphatic rings. The highest BCUT2D eigenvalue weighted by atomic mass is 16.6. The molecule has 0 aliphatic carbocycles. The molecule has 0 rings (SSSR count). The highest BCUT2D eigenvalue weighted by molar-refractivity contribution is 4.41. The van der Waals surface area contributed by atoms with Crippen molar-refractivity contribution in [3.63, 3.8) is 0 Å². The molecule has 12 heteroatoms. The largest absolute Gasteiger partial charge is 0.378 e. The van der Waals surface area contributed by atoms with Crippen molar-refractivity contribution in [2.24, 2.45) is 0 Å². The molecule has 0 aromatic carbocycles. The smallest absolute Gasteiger partial charge is 0.0703 e. The number of likely N-dealkylation sites (N-methyl/N-ethyl adjacent to an activating group) is 1. The van der Waals surface area contributed by atoms with Gasteiger partial charge in [-0.05, 0) is 27.9 Å². The minimum Gasteiger partial charge on any atom is -0.378 e. The molecule has 12 nitrogen and oxygen atoms in total. The zero-order chi connectivity index (χ0) is 28.5. The lowest BCUT2D eigenvalue weighted by atomic mass is 10.5. The van der Waals surface area contributed by atoms with Gasteiger partial charge in [0.25, 0.3) is 0 Å². The van der Waals surface area contributed by atoms with E-state index in [4.69, 9.17) is 52.1 Å². The van der Waals surface area contributed by atoms with Crippen LogP contribution in [0.1, 0.15) is 13.8 Å². The summed E-state index contributed by atoms with van der Waals surface area (Å²) in [4.78, 5) is 2.08. The molecule has 0 unspecified atom stereocenters. The predicted octanol–water partition coefficient (Wildman–Crippen LogP) is 1.14. The Morgan fingerprint density at radius 3 is 0.744 bits per heavy atom. The molecule has 0 aromatic heterocycles. The van der Waals surface area contributed by atoms with Crippen LogP contribution in [-0.4, -0.2) is 170 Å². The first-order chi connectivity index (χ1) is 19.1. The van der Waals surface area contributed by atoms with Gasteiger partial charge < -0.3 is 57.0 Å². The second-order valence-electron chi connectivity index (χ2n) is 8.85. The number of hydrogen-bond donors (Lipinski definition) is 0. The second-order valence-corrected chi connectivity index (χ2v) is 8.85. The molecule has 39 heavy (non-hydrogen) atoms. The van der Waals surface area contributed by atoms with Crippen LogP contribution in [0.4, 0.5) is 0 Å². The van der Waals surface area contributed by atoms with Gasteiger partial charge in [0.15, 0.2) is 0 Å². The van der Waals surface area contributed by atoms with Gasteiger partial charge in [-0.1, -0.05) is 0 Å². The molecular formula is C27H57NO11. The van der Waals surface area contributed by atoms with Gasteiger partial charge in [-0.3, -0.25) is 0 Å². The fourth-order valence-corrected chi connectivity index (χ4v) is 2.67. The summed E-state index contributed by atoms with van der Waals surface area (Å²) in [5, 5.41) is 0. The molecule has 0 aromatic rings. The number of rotatable bonds is 34. The van der Waals surface area contributed by atoms with E-state index in [9.17, 15) is 0 Å². The van der Waals surface area contributed by atoms with Crippen molar-refractivity contribution in [3.8, 4) is 0 Å². The summed E-state index contributed by atoms with van der Waals surface area (Å²) in [5.74, 6) is 0. The van der Waals surface area contributed by atoms with E-state index in [0.29, 0.717) is 132 Å². The molecule has 0 N–H and O–H groups in total. The predicted molar refractivity (Wildman–Crippen MR) is 148 cm³/mol. The molecule has 0 atom stereocenters. The molecule has 0 saturated carbocycles. The summed E-state index contributed by atoms with van der Waals surface area (Å²) in [5.41, 5.74) is 0. The Labute approximate surface area is 236 Å². The van der Waals surface area contributed by atoms with Crippen molar-refractivity contribution in [3.05, 3.63) is 0 Å². The van der Waals surface area contributed by atoms with Gasteiger partial charge in [-0.25, -0.2) is 0 Å².